The van der Waals surface area contributed by atoms with E-state index in [2.05, 4.69) is 17.1 Å². The average molecular weight is 458 g/mol. The van der Waals surface area contributed by atoms with Crippen molar-refractivity contribution in [3.05, 3.63) is 35.1 Å². The predicted octanol–water partition coefficient (Wildman–Crippen LogP) is 4.08. The molecule has 32 heavy (non-hydrogen) atoms. The summed E-state index contributed by atoms with van der Waals surface area (Å²) in [4.78, 5) is 28.1. The van der Waals surface area contributed by atoms with E-state index in [1.807, 2.05) is 4.90 Å². The number of amides is 2. The third-order valence-corrected chi connectivity index (χ3v) is 6.90. The van der Waals surface area contributed by atoms with Crippen LogP contribution in [0.1, 0.15) is 61.4 Å². The maximum absolute atomic E-state index is 13.5. The lowest BCUT2D eigenvalue weighted by Gasteiger charge is -2.38. The number of carbonyl (C=O) groups is 2. The van der Waals surface area contributed by atoms with Gasteiger partial charge in [-0.3, -0.25) is 9.59 Å². The Morgan fingerprint density at radius 2 is 1.88 bits per heavy atom. The van der Waals surface area contributed by atoms with Gasteiger partial charge in [-0.25, -0.2) is 4.39 Å². The number of halogens is 4. The van der Waals surface area contributed by atoms with E-state index in [9.17, 15) is 27.2 Å². The van der Waals surface area contributed by atoms with Crippen LogP contribution in [-0.2, 0) is 11.0 Å². The molecular formula is C23H31F4N3O2. The summed E-state index contributed by atoms with van der Waals surface area (Å²) in [6, 6.07) is 1.87. The number of rotatable bonds is 8. The number of carbonyl (C=O) groups excluding carboxylic acids is 2. The Kier molecular flexibility index (Phi) is 7.79. The van der Waals surface area contributed by atoms with E-state index in [0.717, 1.165) is 70.6 Å². The molecule has 178 valence electrons. The number of hydrogen-bond acceptors (Lipinski definition) is 3. The minimum absolute atomic E-state index is 0.0345. The molecule has 5 nitrogen and oxygen atoms in total. The summed E-state index contributed by atoms with van der Waals surface area (Å²) in [5.41, 5.74) is -1.54. The van der Waals surface area contributed by atoms with Crippen molar-refractivity contribution in [3.8, 4) is 0 Å². The fraction of sp³-hybridized carbons (Fsp3) is 0.652. The van der Waals surface area contributed by atoms with Crippen molar-refractivity contribution in [2.45, 2.75) is 57.2 Å². The first kappa shape index (κ1) is 24.5. The number of benzene rings is 1. The molecule has 1 aliphatic heterocycles. The standard InChI is InChI=1S/C23H31F4N3O2/c1-22(6-2-3-7-22)30(16-31)11-10-29-8-4-17(5-9-29)15-28-21(32)18-12-19(23(25,26)27)14-20(24)13-18/h12-14,16-17H,2-11,15H2,1H3,(H,28,32). The molecular weight excluding hydrogens is 426 g/mol. The molecule has 0 radical (unpaired) electrons. The molecule has 2 aliphatic rings. The van der Waals surface area contributed by atoms with Crippen molar-refractivity contribution in [1.82, 2.24) is 15.1 Å². The number of piperidine rings is 1. The molecule has 0 bridgehead atoms. The van der Waals surface area contributed by atoms with Crippen LogP contribution < -0.4 is 5.32 Å². The van der Waals surface area contributed by atoms with Gasteiger partial charge < -0.3 is 15.1 Å². The van der Waals surface area contributed by atoms with Crippen LogP contribution in [0.2, 0.25) is 0 Å². The Labute approximate surface area is 186 Å². The van der Waals surface area contributed by atoms with Crippen molar-refractivity contribution in [2.75, 3.05) is 32.7 Å². The van der Waals surface area contributed by atoms with Crippen LogP contribution in [0, 0.1) is 11.7 Å². The van der Waals surface area contributed by atoms with Crippen LogP contribution >= 0.6 is 0 Å². The smallest absolute Gasteiger partial charge is 0.352 e. The fourth-order valence-electron chi connectivity index (χ4n) is 4.76. The third kappa shape index (κ3) is 6.21. The summed E-state index contributed by atoms with van der Waals surface area (Å²) in [7, 11) is 0. The minimum atomic E-state index is -4.71. The molecule has 0 atom stereocenters. The van der Waals surface area contributed by atoms with Gasteiger partial charge in [-0.05, 0) is 69.8 Å². The molecule has 0 unspecified atom stereocenters. The number of hydrogen-bond donors (Lipinski definition) is 1. The molecule has 1 aromatic carbocycles. The predicted molar refractivity (Wildman–Crippen MR) is 113 cm³/mol. The van der Waals surface area contributed by atoms with Gasteiger partial charge >= 0.3 is 6.18 Å². The first-order valence-corrected chi connectivity index (χ1v) is 11.2. The maximum Gasteiger partial charge on any atom is 0.416 e. The lowest BCUT2D eigenvalue weighted by Crippen LogP contribution is -2.48. The van der Waals surface area contributed by atoms with Crippen LogP contribution in [0.4, 0.5) is 17.6 Å². The summed E-state index contributed by atoms with van der Waals surface area (Å²) >= 11 is 0. The average Bonchev–Trinajstić information content (AvgIpc) is 3.19. The van der Waals surface area contributed by atoms with Gasteiger partial charge in [0, 0.05) is 30.7 Å². The Morgan fingerprint density at radius 1 is 1.22 bits per heavy atom. The van der Waals surface area contributed by atoms with E-state index in [-0.39, 0.29) is 17.0 Å². The van der Waals surface area contributed by atoms with E-state index >= 15 is 0 Å². The van der Waals surface area contributed by atoms with Crippen molar-refractivity contribution < 1.29 is 27.2 Å². The van der Waals surface area contributed by atoms with Gasteiger partial charge in [0.2, 0.25) is 6.41 Å². The molecule has 3 rings (SSSR count). The van der Waals surface area contributed by atoms with Crippen LogP contribution in [0.3, 0.4) is 0 Å². The van der Waals surface area contributed by atoms with Crippen LogP contribution in [0.15, 0.2) is 18.2 Å². The second-order valence-electron chi connectivity index (χ2n) is 9.22. The van der Waals surface area contributed by atoms with E-state index in [4.69, 9.17) is 0 Å². The fourth-order valence-corrected chi connectivity index (χ4v) is 4.76. The first-order valence-electron chi connectivity index (χ1n) is 11.2. The second kappa shape index (κ2) is 10.2. The van der Waals surface area contributed by atoms with Gasteiger partial charge in [0.15, 0.2) is 0 Å². The summed E-state index contributed by atoms with van der Waals surface area (Å²) in [6.07, 6.45) is 2.34. The second-order valence-corrected chi connectivity index (χ2v) is 9.22. The molecule has 2 amide bonds. The van der Waals surface area contributed by atoms with Crippen LogP contribution in [0.5, 0.6) is 0 Å². The lowest BCUT2D eigenvalue weighted by molar-refractivity contribution is -0.137. The molecule has 0 aromatic heterocycles. The van der Waals surface area contributed by atoms with Crippen molar-refractivity contribution in [2.24, 2.45) is 5.92 Å². The normalized spacial score (nSPS) is 19.7. The minimum Gasteiger partial charge on any atom is -0.352 e. The molecule has 2 fully saturated rings. The number of likely N-dealkylation sites (tertiary alicyclic amines) is 1. The van der Waals surface area contributed by atoms with Crippen LogP contribution in [0.25, 0.3) is 0 Å². The molecule has 0 spiro atoms. The topological polar surface area (TPSA) is 52.7 Å². The van der Waals surface area contributed by atoms with Gasteiger partial charge in [-0.1, -0.05) is 12.8 Å². The Balaban J connectivity index is 1.43. The molecule has 1 aromatic rings. The van der Waals surface area contributed by atoms with E-state index in [1.165, 1.54) is 0 Å². The molecule has 1 N–H and O–H groups in total. The van der Waals surface area contributed by atoms with Gasteiger partial charge in [-0.2, -0.15) is 13.2 Å². The summed E-state index contributed by atoms with van der Waals surface area (Å²) in [6.45, 7) is 5.66. The van der Waals surface area contributed by atoms with Gasteiger partial charge in [0.25, 0.3) is 5.91 Å². The quantitative estimate of drug-likeness (QED) is 0.473. The van der Waals surface area contributed by atoms with E-state index < -0.39 is 23.5 Å². The highest BCUT2D eigenvalue weighted by molar-refractivity contribution is 5.94. The van der Waals surface area contributed by atoms with Crippen molar-refractivity contribution >= 4 is 12.3 Å². The first-order chi connectivity index (χ1) is 15.1. The molecule has 1 aliphatic carbocycles. The molecule has 1 saturated heterocycles. The van der Waals surface area contributed by atoms with Crippen molar-refractivity contribution in [1.29, 1.82) is 0 Å². The molecule has 1 saturated carbocycles. The number of alkyl halides is 3. The zero-order valence-corrected chi connectivity index (χ0v) is 18.4. The SMILES string of the molecule is CC1(N(C=O)CCN2CCC(CNC(=O)c3cc(F)cc(C(F)(F)F)c3)CC2)CCCC1. The molecule has 1 heterocycles. The summed E-state index contributed by atoms with van der Waals surface area (Å²) in [5.74, 6) is -1.58. The highest BCUT2D eigenvalue weighted by Crippen LogP contribution is 2.34. The Morgan fingerprint density at radius 3 is 2.47 bits per heavy atom. The number of nitrogens with one attached hydrogen (secondary N) is 1. The number of nitrogens with zero attached hydrogens (tertiary/aromatic N) is 2. The monoisotopic (exact) mass is 457 g/mol. The van der Waals surface area contributed by atoms with Crippen LogP contribution in [-0.4, -0.2) is 60.4 Å². The van der Waals surface area contributed by atoms with E-state index in [1.54, 1.807) is 0 Å². The Bertz CT molecular complexity index is 801. The van der Waals surface area contributed by atoms with Gasteiger partial charge in [-0.15, -0.1) is 0 Å². The zero-order valence-electron chi connectivity index (χ0n) is 18.4. The lowest BCUT2D eigenvalue weighted by atomic mass is 9.96. The van der Waals surface area contributed by atoms with Gasteiger partial charge in [0.1, 0.15) is 5.82 Å². The van der Waals surface area contributed by atoms with Gasteiger partial charge in [0.05, 0.1) is 5.56 Å². The summed E-state index contributed by atoms with van der Waals surface area (Å²) in [5, 5.41) is 2.64. The zero-order chi connectivity index (χ0) is 23.4. The summed E-state index contributed by atoms with van der Waals surface area (Å²) < 4.78 is 52.1. The third-order valence-electron chi connectivity index (χ3n) is 6.90. The maximum atomic E-state index is 13.5. The largest absolute Gasteiger partial charge is 0.416 e. The Hall–Kier alpha value is -2.16. The highest BCUT2D eigenvalue weighted by Gasteiger charge is 2.34. The van der Waals surface area contributed by atoms with E-state index in [0.29, 0.717) is 25.2 Å². The molecule has 9 heteroatoms. The van der Waals surface area contributed by atoms with Crippen molar-refractivity contribution in [3.63, 3.8) is 0 Å². The highest BCUT2D eigenvalue weighted by atomic mass is 19.4.